The Morgan fingerprint density at radius 1 is 1.37 bits per heavy atom. The number of ether oxygens (including phenoxy) is 1. The molecule has 0 bridgehead atoms. The maximum atomic E-state index is 11.2. The van der Waals surface area contributed by atoms with Gasteiger partial charge in [-0.25, -0.2) is 0 Å². The van der Waals surface area contributed by atoms with E-state index in [1.165, 1.54) is 6.92 Å². The van der Waals surface area contributed by atoms with E-state index in [0.29, 0.717) is 17.2 Å². The van der Waals surface area contributed by atoms with Crippen LogP contribution >= 0.6 is 11.6 Å². The van der Waals surface area contributed by atoms with Crippen molar-refractivity contribution >= 4 is 23.1 Å². The summed E-state index contributed by atoms with van der Waals surface area (Å²) in [7, 11) is 0. The highest BCUT2D eigenvalue weighted by molar-refractivity contribution is 6.30. The average molecular weight is 279 g/mol. The number of allylic oxidation sites excluding steroid dienone is 2. The quantitative estimate of drug-likeness (QED) is 0.437. The van der Waals surface area contributed by atoms with E-state index in [1.807, 2.05) is 24.3 Å². The third kappa shape index (κ3) is 4.56. The highest BCUT2D eigenvalue weighted by atomic mass is 35.5. The Balaban J connectivity index is 3.31. The first-order valence-electron chi connectivity index (χ1n) is 6.24. The zero-order chi connectivity index (χ0) is 14.4. The Hall–Kier alpha value is -1.54. The second-order valence-corrected chi connectivity index (χ2v) is 5.02. The maximum absolute atomic E-state index is 11.2. The fourth-order valence-electron chi connectivity index (χ4n) is 1.96. The van der Waals surface area contributed by atoms with E-state index in [1.54, 1.807) is 6.08 Å². The fourth-order valence-corrected chi connectivity index (χ4v) is 2.08. The van der Waals surface area contributed by atoms with Crippen molar-refractivity contribution in [1.29, 1.82) is 0 Å². The molecule has 19 heavy (non-hydrogen) atoms. The van der Waals surface area contributed by atoms with Crippen LogP contribution in [0.1, 0.15) is 32.8 Å². The van der Waals surface area contributed by atoms with Gasteiger partial charge in [-0.2, -0.15) is 0 Å². The number of benzene rings is 1. The number of rotatable bonds is 5. The predicted octanol–water partition coefficient (Wildman–Crippen LogP) is 4.85. The average Bonchev–Trinajstić information content (AvgIpc) is 2.31. The molecule has 0 saturated heterocycles. The summed E-state index contributed by atoms with van der Waals surface area (Å²) in [6.07, 6.45) is 2.26. The van der Waals surface area contributed by atoms with E-state index in [9.17, 15) is 4.79 Å². The standard InChI is InChI=1S/C16H19ClO2/c1-5-6-15(19-12(4)18)16(11(2)3)13-7-9-14(17)10-8-13/h5,7-11H,1,6H2,2-4H3/b16-15+. The van der Waals surface area contributed by atoms with Gasteiger partial charge in [0.1, 0.15) is 5.76 Å². The molecule has 0 aromatic heterocycles. The molecular formula is C16H19ClO2. The van der Waals surface area contributed by atoms with Crippen LogP contribution in [0.15, 0.2) is 42.7 Å². The van der Waals surface area contributed by atoms with Crippen molar-refractivity contribution in [2.75, 3.05) is 0 Å². The van der Waals surface area contributed by atoms with Crippen LogP contribution in [-0.2, 0) is 9.53 Å². The zero-order valence-corrected chi connectivity index (χ0v) is 12.3. The molecule has 2 nitrogen and oxygen atoms in total. The summed E-state index contributed by atoms with van der Waals surface area (Å²) >= 11 is 5.90. The van der Waals surface area contributed by atoms with Gasteiger partial charge in [0.2, 0.25) is 0 Å². The predicted molar refractivity (Wildman–Crippen MR) is 79.8 cm³/mol. The van der Waals surface area contributed by atoms with Gasteiger partial charge in [-0.15, -0.1) is 6.58 Å². The Kier molecular flexibility index (Phi) is 5.84. The lowest BCUT2D eigenvalue weighted by atomic mass is 9.93. The molecule has 1 rings (SSSR count). The first kappa shape index (κ1) is 15.5. The van der Waals surface area contributed by atoms with Gasteiger partial charge in [-0.3, -0.25) is 4.79 Å². The van der Waals surface area contributed by atoms with Crippen molar-refractivity contribution in [3.63, 3.8) is 0 Å². The number of carbonyl (C=O) groups excluding carboxylic acids is 1. The van der Waals surface area contributed by atoms with Crippen LogP contribution in [0.25, 0.3) is 5.57 Å². The number of carbonyl (C=O) groups is 1. The number of hydrogen-bond acceptors (Lipinski definition) is 2. The number of hydrogen-bond donors (Lipinski definition) is 0. The van der Waals surface area contributed by atoms with Gasteiger partial charge in [0, 0.05) is 23.9 Å². The topological polar surface area (TPSA) is 26.3 Å². The van der Waals surface area contributed by atoms with Gasteiger partial charge in [-0.1, -0.05) is 43.7 Å². The van der Waals surface area contributed by atoms with E-state index < -0.39 is 0 Å². The molecule has 1 aromatic rings. The highest BCUT2D eigenvalue weighted by Crippen LogP contribution is 2.30. The second kappa shape index (κ2) is 7.15. The molecule has 0 saturated carbocycles. The van der Waals surface area contributed by atoms with Crippen LogP contribution in [0.5, 0.6) is 0 Å². The lowest BCUT2D eigenvalue weighted by molar-refractivity contribution is -0.136. The molecule has 1 aromatic carbocycles. The van der Waals surface area contributed by atoms with E-state index in [-0.39, 0.29) is 11.9 Å². The summed E-state index contributed by atoms with van der Waals surface area (Å²) < 4.78 is 5.34. The van der Waals surface area contributed by atoms with Gasteiger partial charge >= 0.3 is 5.97 Å². The molecule has 0 atom stereocenters. The molecule has 0 N–H and O–H groups in total. The fraction of sp³-hybridized carbons (Fsp3) is 0.312. The zero-order valence-electron chi connectivity index (χ0n) is 11.6. The number of esters is 1. The maximum Gasteiger partial charge on any atom is 0.307 e. The monoisotopic (exact) mass is 278 g/mol. The second-order valence-electron chi connectivity index (χ2n) is 4.58. The highest BCUT2D eigenvalue weighted by Gasteiger charge is 2.15. The Labute approximate surface area is 119 Å². The number of halogens is 1. The van der Waals surface area contributed by atoms with Crippen molar-refractivity contribution in [1.82, 2.24) is 0 Å². The molecule has 0 aliphatic heterocycles. The molecule has 0 amide bonds. The van der Waals surface area contributed by atoms with Crippen molar-refractivity contribution in [2.45, 2.75) is 27.2 Å². The van der Waals surface area contributed by atoms with Crippen molar-refractivity contribution in [3.05, 3.63) is 53.3 Å². The lowest BCUT2D eigenvalue weighted by Crippen LogP contribution is -2.05. The van der Waals surface area contributed by atoms with Crippen molar-refractivity contribution in [3.8, 4) is 0 Å². The van der Waals surface area contributed by atoms with E-state index >= 15 is 0 Å². The van der Waals surface area contributed by atoms with E-state index in [2.05, 4.69) is 20.4 Å². The van der Waals surface area contributed by atoms with Gasteiger partial charge in [0.05, 0.1) is 0 Å². The minimum Gasteiger partial charge on any atom is -0.431 e. The van der Waals surface area contributed by atoms with E-state index in [0.717, 1.165) is 11.1 Å². The Morgan fingerprint density at radius 2 is 1.95 bits per heavy atom. The van der Waals surface area contributed by atoms with E-state index in [4.69, 9.17) is 16.3 Å². The normalized spacial score (nSPS) is 12.1. The van der Waals surface area contributed by atoms with Crippen LogP contribution in [0, 0.1) is 5.92 Å². The van der Waals surface area contributed by atoms with Crippen LogP contribution < -0.4 is 0 Å². The molecule has 0 heterocycles. The van der Waals surface area contributed by atoms with Crippen molar-refractivity contribution < 1.29 is 9.53 Å². The van der Waals surface area contributed by atoms with Gasteiger partial charge in [0.15, 0.2) is 0 Å². The molecule has 0 unspecified atom stereocenters. The van der Waals surface area contributed by atoms with Crippen LogP contribution in [0.4, 0.5) is 0 Å². The molecule has 0 fully saturated rings. The minimum absolute atomic E-state index is 0.232. The summed E-state index contributed by atoms with van der Waals surface area (Å²) in [5.41, 5.74) is 2.02. The molecule has 0 aliphatic rings. The minimum atomic E-state index is -0.316. The smallest absolute Gasteiger partial charge is 0.307 e. The summed E-state index contributed by atoms with van der Waals surface area (Å²) in [6, 6.07) is 7.53. The Bertz CT molecular complexity index is 484. The largest absolute Gasteiger partial charge is 0.431 e. The van der Waals surface area contributed by atoms with Crippen molar-refractivity contribution in [2.24, 2.45) is 5.92 Å². The summed E-state index contributed by atoms with van der Waals surface area (Å²) in [4.78, 5) is 11.2. The van der Waals surface area contributed by atoms with Gasteiger partial charge < -0.3 is 4.74 Å². The van der Waals surface area contributed by atoms with Gasteiger partial charge in [0.25, 0.3) is 0 Å². The van der Waals surface area contributed by atoms with Gasteiger partial charge in [-0.05, 0) is 23.6 Å². The first-order chi connectivity index (χ1) is 8.95. The first-order valence-corrected chi connectivity index (χ1v) is 6.61. The summed E-state index contributed by atoms with van der Waals surface area (Å²) in [5, 5.41) is 0.685. The molecule has 102 valence electrons. The molecule has 0 spiro atoms. The molecule has 3 heteroatoms. The van der Waals surface area contributed by atoms with Crippen LogP contribution in [0.3, 0.4) is 0 Å². The van der Waals surface area contributed by atoms with Crippen LogP contribution in [-0.4, -0.2) is 5.97 Å². The lowest BCUT2D eigenvalue weighted by Gasteiger charge is -2.17. The molecule has 0 radical (unpaired) electrons. The third-order valence-electron chi connectivity index (χ3n) is 2.63. The SMILES string of the molecule is C=CC/C(OC(C)=O)=C(\c1ccc(Cl)cc1)C(C)C. The molecule has 0 aliphatic carbocycles. The Morgan fingerprint density at radius 3 is 2.37 bits per heavy atom. The summed E-state index contributed by atoms with van der Waals surface area (Å²) in [5.74, 6) is 0.569. The van der Waals surface area contributed by atoms with Crippen LogP contribution in [0.2, 0.25) is 5.02 Å². The summed E-state index contributed by atoms with van der Waals surface area (Å²) in [6.45, 7) is 9.25. The molecular weight excluding hydrogens is 260 g/mol. The third-order valence-corrected chi connectivity index (χ3v) is 2.88.